The lowest BCUT2D eigenvalue weighted by Gasteiger charge is -2.32. The quantitative estimate of drug-likeness (QED) is 0.0932. The van der Waals surface area contributed by atoms with E-state index in [1.807, 2.05) is 6.92 Å². The zero-order valence-electron chi connectivity index (χ0n) is 19.2. The SMILES string of the molecule is C=C[C@@H](C[C@@H](C)[C@@H](CCCCCCC)OC(C)(C)O)OC(=O)c1ccc([N+](=O)[O-])cc1. The second kappa shape index (κ2) is 13.2. The highest BCUT2D eigenvalue weighted by Gasteiger charge is 2.27. The first-order chi connectivity index (χ1) is 14.6. The van der Waals surface area contributed by atoms with Gasteiger partial charge in [0.05, 0.1) is 16.6 Å². The summed E-state index contributed by atoms with van der Waals surface area (Å²) < 4.78 is 11.4. The summed E-state index contributed by atoms with van der Waals surface area (Å²) in [4.78, 5) is 22.7. The van der Waals surface area contributed by atoms with Crippen LogP contribution in [0.2, 0.25) is 0 Å². The van der Waals surface area contributed by atoms with Crippen LogP contribution in [0.25, 0.3) is 0 Å². The summed E-state index contributed by atoms with van der Waals surface area (Å²) in [6.07, 6.45) is 7.87. The Morgan fingerprint density at radius 2 is 1.84 bits per heavy atom. The van der Waals surface area contributed by atoms with Crippen LogP contribution in [-0.4, -0.2) is 34.0 Å². The number of non-ortho nitro benzene ring substituents is 1. The number of carbonyl (C=O) groups is 1. The Hall–Kier alpha value is -2.25. The maximum Gasteiger partial charge on any atom is 0.338 e. The van der Waals surface area contributed by atoms with Crippen LogP contribution >= 0.6 is 0 Å². The van der Waals surface area contributed by atoms with Gasteiger partial charge in [0.15, 0.2) is 5.79 Å². The molecule has 174 valence electrons. The molecule has 3 atom stereocenters. The molecule has 0 fully saturated rings. The van der Waals surface area contributed by atoms with Crippen LogP contribution in [0, 0.1) is 16.0 Å². The molecule has 1 rings (SSSR count). The Balaban J connectivity index is 2.71. The van der Waals surface area contributed by atoms with E-state index in [0.29, 0.717) is 6.42 Å². The van der Waals surface area contributed by atoms with Gasteiger partial charge in [-0.1, -0.05) is 58.6 Å². The number of hydrogen-bond donors (Lipinski definition) is 1. The monoisotopic (exact) mass is 435 g/mol. The highest BCUT2D eigenvalue weighted by molar-refractivity contribution is 5.89. The number of benzene rings is 1. The van der Waals surface area contributed by atoms with Crippen molar-refractivity contribution in [2.75, 3.05) is 0 Å². The highest BCUT2D eigenvalue weighted by Crippen LogP contribution is 2.26. The number of esters is 1. The number of nitro groups is 1. The normalized spacial score (nSPS) is 14.5. The van der Waals surface area contributed by atoms with Gasteiger partial charge in [-0.15, -0.1) is 0 Å². The summed E-state index contributed by atoms with van der Waals surface area (Å²) in [6.45, 7) is 11.2. The van der Waals surface area contributed by atoms with Crippen molar-refractivity contribution in [1.82, 2.24) is 0 Å². The molecule has 1 N–H and O–H groups in total. The number of unbranched alkanes of at least 4 members (excludes halogenated alkanes) is 4. The molecule has 0 aromatic heterocycles. The third-order valence-electron chi connectivity index (χ3n) is 5.11. The van der Waals surface area contributed by atoms with Crippen LogP contribution in [0.3, 0.4) is 0 Å². The van der Waals surface area contributed by atoms with Gasteiger partial charge in [0.1, 0.15) is 6.10 Å². The Morgan fingerprint density at radius 1 is 1.23 bits per heavy atom. The lowest BCUT2D eigenvalue weighted by molar-refractivity contribution is -0.384. The van der Waals surface area contributed by atoms with E-state index in [9.17, 15) is 20.0 Å². The number of carbonyl (C=O) groups excluding carboxylic acids is 1. The third-order valence-corrected chi connectivity index (χ3v) is 5.11. The van der Waals surface area contributed by atoms with Crippen molar-refractivity contribution in [1.29, 1.82) is 0 Å². The largest absolute Gasteiger partial charge is 0.455 e. The van der Waals surface area contributed by atoms with Gasteiger partial charge in [-0.25, -0.2) is 4.79 Å². The van der Waals surface area contributed by atoms with Crippen molar-refractivity contribution >= 4 is 11.7 Å². The van der Waals surface area contributed by atoms with E-state index in [1.54, 1.807) is 19.9 Å². The molecule has 0 radical (unpaired) electrons. The molecular formula is C24H37NO6. The molecule has 0 bridgehead atoms. The van der Waals surface area contributed by atoms with Gasteiger partial charge in [-0.3, -0.25) is 10.1 Å². The molecule has 0 spiro atoms. The number of aliphatic hydroxyl groups is 1. The topological polar surface area (TPSA) is 98.9 Å². The molecule has 1 aromatic rings. The summed E-state index contributed by atoms with van der Waals surface area (Å²) in [5.41, 5.74) is 0.154. The standard InChI is InChI=1S/C24H37NO6/c1-6-8-9-10-11-12-22(31-24(4,5)27)18(3)17-21(7-2)30-23(26)19-13-15-20(16-14-19)25(28)29/h7,13-16,18,21-22,27H,2,6,8-12,17H2,1,3-5H3/t18-,21+,22-/m1/s1. The van der Waals surface area contributed by atoms with E-state index in [0.717, 1.165) is 19.3 Å². The van der Waals surface area contributed by atoms with E-state index in [4.69, 9.17) is 9.47 Å². The molecule has 7 nitrogen and oxygen atoms in total. The van der Waals surface area contributed by atoms with Crippen LogP contribution < -0.4 is 0 Å². The third kappa shape index (κ3) is 10.6. The van der Waals surface area contributed by atoms with Crippen LogP contribution in [0.15, 0.2) is 36.9 Å². The lowest BCUT2D eigenvalue weighted by atomic mass is 9.92. The average molecular weight is 436 g/mol. The van der Waals surface area contributed by atoms with E-state index in [2.05, 4.69) is 13.5 Å². The van der Waals surface area contributed by atoms with Crippen molar-refractivity contribution in [3.63, 3.8) is 0 Å². The maximum atomic E-state index is 12.4. The van der Waals surface area contributed by atoms with E-state index >= 15 is 0 Å². The second-order valence-corrected chi connectivity index (χ2v) is 8.50. The molecule has 31 heavy (non-hydrogen) atoms. The van der Waals surface area contributed by atoms with Crippen molar-refractivity contribution < 1.29 is 24.3 Å². The predicted octanol–water partition coefficient (Wildman–Crippen LogP) is 5.81. The molecule has 0 unspecified atom stereocenters. The summed E-state index contributed by atoms with van der Waals surface area (Å²) >= 11 is 0. The summed E-state index contributed by atoms with van der Waals surface area (Å²) in [6, 6.07) is 5.29. The van der Waals surface area contributed by atoms with Crippen LogP contribution in [0.5, 0.6) is 0 Å². The molecule has 0 aliphatic carbocycles. The lowest BCUT2D eigenvalue weighted by Crippen LogP contribution is -2.35. The molecule has 0 amide bonds. The minimum absolute atomic E-state index is 0.0188. The Labute approximate surface area is 185 Å². The van der Waals surface area contributed by atoms with E-state index < -0.39 is 22.8 Å². The second-order valence-electron chi connectivity index (χ2n) is 8.50. The van der Waals surface area contributed by atoms with E-state index in [-0.39, 0.29) is 23.3 Å². The fraction of sp³-hybridized carbons (Fsp3) is 0.625. The molecule has 1 aromatic carbocycles. The van der Waals surface area contributed by atoms with Gasteiger partial charge < -0.3 is 14.6 Å². The first-order valence-corrected chi connectivity index (χ1v) is 11.1. The van der Waals surface area contributed by atoms with Crippen LogP contribution in [0.1, 0.15) is 83.0 Å². The number of ether oxygens (including phenoxy) is 2. The Morgan fingerprint density at radius 3 is 2.35 bits per heavy atom. The minimum Gasteiger partial charge on any atom is -0.455 e. The highest BCUT2D eigenvalue weighted by atomic mass is 16.6. The zero-order valence-corrected chi connectivity index (χ0v) is 19.2. The molecule has 0 aliphatic heterocycles. The van der Waals surface area contributed by atoms with Gasteiger partial charge in [0, 0.05) is 12.1 Å². The molecule has 7 heteroatoms. The average Bonchev–Trinajstić information content (AvgIpc) is 2.71. The molecule has 0 heterocycles. The minimum atomic E-state index is -1.25. The molecule has 0 saturated carbocycles. The first kappa shape index (κ1) is 26.8. The molecular weight excluding hydrogens is 398 g/mol. The molecule has 0 aliphatic rings. The van der Waals surface area contributed by atoms with Crippen molar-refractivity contribution in [2.24, 2.45) is 5.92 Å². The van der Waals surface area contributed by atoms with Crippen molar-refractivity contribution in [3.8, 4) is 0 Å². The van der Waals surface area contributed by atoms with Gasteiger partial charge in [0.2, 0.25) is 0 Å². The van der Waals surface area contributed by atoms with Gasteiger partial charge in [0.25, 0.3) is 5.69 Å². The smallest absolute Gasteiger partial charge is 0.338 e. The van der Waals surface area contributed by atoms with Gasteiger partial charge in [-0.2, -0.15) is 0 Å². The van der Waals surface area contributed by atoms with Gasteiger partial charge in [-0.05, 0) is 44.7 Å². The molecule has 0 saturated heterocycles. The van der Waals surface area contributed by atoms with Crippen molar-refractivity contribution in [2.45, 2.75) is 90.6 Å². The number of hydrogen-bond acceptors (Lipinski definition) is 6. The Bertz CT molecular complexity index is 695. The summed E-state index contributed by atoms with van der Waals surface area (Å²) in [5.74, 6) is -1.79. The summed E-state index contributed by atoms with van der Waals surface area (Å²) in [7, 11) is 0. The van der Waals surface area contributed by atoms with E-state index in [1.165, 1.54) is 43.5 Å². The predicted molar refractivity (Wildman–Crippen MR) is 121 cm³/mol. The van der Waals surface area contributed by atoms with Crippen LogP contribution in [0.4, 0.5) is 5.69 Å². The zero-order chi connectivity index (χ0) is 23.4. The fourth-order valence-corrected chi connectivity index (χ4v) is 3.41. The summed E-state index contributed by atoms with van der Waals surface area (Å²) in [5, 5.41) is 20.9. The van der Waals surface area contributed by atoms with Gasteiger partial charge >= 0.3 is 5.97 Å². The Kier molecular flexibility index (Phi) is 11.4. The van der Waals surface area contributed by atoms with Crippen LogP contribution in [-0.2, 0) is 9.47 Å². The first-order valence-electron chi connectivity index (χ1n) is 11.1. The fourth-order valence-electron chi connectivity index (χ4n) is 3.41. The number of rotatable bonds is 15. The van der Waals surface area contributed by atoms with Crippen molar-refractivity contribution in [3.05, 3.63) is 52.6 Å². The maximum absolute atomic E-state index is 12.4. The number of nitrogens with zero attached hydrogens (tertiary/aromatic N) is 1. The number of nitro benzene ring substituents is 1.